The standard InChI is InChI=1S/C24H21NO5S/c1-14-5-4-6-16-17(13-31-23(14)16)24-25-18(12-30-24)20(27)9-8-19(26)15-7-10-21(28-2)22(11-15)29-3/h4-7,10-13H,8-9H2,1-3H3. The molecule has 0 unspecified atom stereocenters. The minimum atomic E-state index is -0.237. The Morgan fingerprint density at radius 3 is 2.58 bits per heavy atom. The fourth-order valence-corrected chi connectivity index (χ4v) is 4.42. The van der Waals surface area contributed by atoms with Gasteiger partial charge in [-0.1, -0.05) is 18.2 Å². The number of carbonyl (C=O) groups excluding carboxylic acids is 2. The third-order valence-electron chi connectivity index (χ3n) is 5.10. The fraction of sp³-hybridized carbons (Fsp3) is 0.208. The van der Waals surface area contributed by atoms with Crippen LogP contribution in [0.5, 0.6) is 11.5 Å². The lowest BCUT2D eigenvalue weighted by atomic mass is 10.0. The fourth-order valence-electron chi connectivity index (χ4n) is 3.40. The summed E-state index contributed by atoms with van der Waals surface area (Å²) in [7, 11) is 3.04. The molecule has 2 heterocycles. The highest BCUT2D eigenvalue weighted by molar-refractivity contribution is 7.18. The number of ketones is 2. The molecule has 0 aliphatic rings. The van der Waals surface area contributed by atoms with Gasteiger partial charge in [-0.2, -0.15) is 0 Å². The number of Topliss-reactive ketones (excluding diaryl/α,β-unsaturated/α-hetero) is 2. The SMILES string of the molecule is COc1ccc(C(=O)CCC(=O)c2coc(-c3csc4c(C)cccc34)n2)cc1OC. The molecule has 31 heavy (non-hydrogen) atoms. The average Bonchev–Trinajstić information content (AvgIpc) is 3.44. The Labute approximate surface area is 183 Å². The van der Waals surface area contributed by atoms with Gasteiger partial charge in [-0.05, 0) is 30.7 Å². The summed E-state index contributed by atoms with van der Waals surface area (Å²) in [6.45, 7) is 2.06. The van der Waals surface area contributed by atoms with E-state index >= 15 is 0 Å². The molecule has 0 amide bonds. The van der Waals surface area contributed by atoms with Gasteiger partial charge in [-0.25, -0.2) is 4.98 Å². The van der Waals surface area contributed by atoms with Crippen LogP contribution < -0.4 is 9.47 Å². The lowest BCUT2D eigenvalue weighted by Gasteiger charge is -2.08. The second-order valence-corrected chi connectivity index (χ2v) is 7.93. The Morgan fingerprint density at radius 1 is 1.03 bits per heavy atom. The van der Waals surface area contributed by atoms with Gasteiger partial charge in [0, 0.05) is 33.9 Å². The molecule has 158 valence electrons. The van der Waals surface area contributed by atoms with Gasteiger partial charge in [0.15, 0.2) is 23.1 Å². The quantitative estimate of drug-likeness (QED) is 0.329. The topological polar surface area (TPSA) is 78.6 Å². The summed E-state index contributed by atoms with van der Waals surface area (Å²) in [4.78, 5) is 29.5. The molecule has 0 atom stereocenters. The molecule has 7 heteroatoms. The number of aryl methyl sites for hydroxylation is 1. The summed E-state index contributed by atoms with van der Waals surface area (Å²) in [5.74, 6) is 1.03. The number of benzene rings is 2. The van der Waals surface area contributed by atoms with Gasteiger partial charge in [0.05, 0.1) is 19.8 Å². The highest BCUT2D eigenvalue weighted by atomic mass is 32.1. The molecule has 6 nitrogen and oxygen atoms in total. The van der Waals surface area contributed by atoms with E-state index in [1.54, 1.807) is 29.5 Å². The number of aromatic nitrogens is 1. The normalized spacial score (nSPS) is 10.9. The van der Waals surface area contributed by atoms with Crippen LogP contribution in [0.15, 0.2) is 52.5 Å². The zero-order chi connectivity index (χ0) is 22.0. The molecule has 0 fully saturated rings. The third-order valence-corrected chi connectivity index (χ3v) is 6.23. The van der Waals surface area contributed by atoms with Crippen molar-refractivity contribution in [3.05, 3.63) is 64.9 Å². The van der Waals surface area contributed by atoms with Crippen molar-refractivity contribution in [1.82, 2.24) is 4.98 Å². The molecule has 0 N–H and O–H groups in total. The smallest absolute Gasteiger partial charge is 0.228 e. The van der Waals surface area contributed by atoms with Gasteiger partial charge in [-0.15, -0.1) is 11.3 Å². The Morgan fingerprint density at radius 2 is 1.81 bits per heavy atom. The molecule has 0 saturated heterocycles. The summed E-state index contributed by atoms with van der Waals surface area (Å²) < 4.78 is 17.2. The lowest BCUT2D eigenvalue weighted by molar-refractivity contribution is 0.0914. The second kappa shape index (κ2) is 8.73. The van der Waals surface area contributed by atoms with E-state index in [0.717, 1.165) is 10.9 Å². The Kier molecular flexibility index (Phi) is 5.86. The van der Waals surface area contributed by atoms with E-state index in [1.165, 1.54) is 30.7 Å². The molecule has 0 aliphatic carbocycles. The van der Waals surface area contributed by atoms with Gasteiger partial charge in [-0.3, -0.25) is 9.59 Å². The first kappa shape index (κ1) is 20.8. The van der Waals surface area contributed by atoms with Crippen molar-refractivity contribution < 1.29 is 23.5 Å². The summed E-state index contributed by atoms with van der Waals surface area (Å²) >= 11 is 1.62. The van der Waals surface area contributed by atoms with Crippen molar-refractivity contribution in [3.63, 3.8) is 0 Å². The van der Waals surface area contributed by atoms with Crippen molar-refractivity contribution in [2.45, 2.75) is 19.8 Å². The monoisotopic (exact) mass is 435 g/mol. The molecule has 4 rings (SSSR count). The number of nitrogens with zero attached hydrogens (tertiary/aromatic N) is 1. The number of hydrogen-bond donors (Lipinski definition) is 0. The highest BCUT2D eigenvalue weighted by Gasteiger charge is 2.18. The molecule has 2 aromatic carbocycles. The number of thiophene rings is 1. The van der Waals surface area contributed by atoms with E-state index in [4.69, 9.17) is 13.9 Å². The van der Waals surface area contributed by atoms with Crippen LogP contribution in [0.2, 0.25) is 0 Å². The third kappa shape index (κ3) is 4.09. The van der Waals surface area contributed by atoms with E-state index in [0.29, 0.717) is 23.0 Å². The number of hydrogen-bond acceptors (Lipinski definition) is 7. The number of rotatable bonds is 8. The number of fused-ring (bicyclic) bond motifs is 1. The van der Waals surface area contributed by atoms with E-state index in [-0.39, 0.29) is 30.1 Å². The predicted octanol–water partition coefficient (Wildman–Crippen LogP) is 5.73. The van der Waals surface area contributed by atoms with Crippen LogP contribution >= 0.6 is 11.3 Å². The van der Waals surface area contributed by atoms with Crippen molar-refractivity contribution in [2.75, 3.05) is 14.2 Å². The minimum absolute atomic E-state index is 0.0443. The summed E-state index contributed by atoms with van der Waals surface area (Å²) in [6.07, 6.45) is 1.47. The first-order valence-corrected chi connectivity index (χ1v) is 10.6. The van der Waals surface area contributed by atoms with Gasteiger partial charge in [0.25, 0.3) is 0 Å². The van der Waals surface area contributed by atoms with Gasteiger partial charge in [0.1, 0.15) is 12.0 Å². The Balaban J connectivity index is 1.46. The molecule has 0 spiro atoms. The summed E-state index contributed by atoms with van der Waals surface area (Å²) in [5, 5.41) is 3.03. The predicted molar refractivity (Wildman–Crippen MR) is 120 cm³/mol. The van der Waals surface area contributed by atoms with Crippen molar-refractivity contribution in [1.29, 1.82) is 0 Å². The summed E-state index contributed by atoms with van der Waals surface area (Å²) in [5.41, 5.74) is 2.74. The van der Waals surface area contributed by atoms with Crippen molar-refractivity contribution >= 4 is 33.0 Å². The summed E-state index contributed by atoms with van der Waals surface area (Å²) in [6, 6.07) is 11.0. The maximum atomic E-state index is 12.6. The number of methoxy groups -OCH3 is 2. The molecule has 0 radical (unpaired) electrons. The molecular formula is C24H21NO5S. The maximum Gasteiger partial charge on any atom is 0.228 e. The van der Waals surface area contributed by atoms with Gasteiger partial charge in [0.2, 0.25) is 5.89 Å². The van der Waals surface area contributed by atoms with Crippen LogP contribution in [-0.2, 0) is 0 Å². The molecule has 0 bridgehead atoms. The molecule has 2 aromatic heterocycles. The van der Waals surface area contributed by atoms with Crippen molar-refractivity contribution in [3.8, 4) is 23.0 Å². The molecule has 0 aliphatic heterocycles. The molecular weight excluding hydrogens is 414 g/mol. The number of oxazole rings is 1. The lowest BCUT2D eigenvalue weighted by Crippen LogP contribution is -2.06. The first-order chi connectivity index (χ1) is 15.0. The zero-order valence-corrected chi connectivity index (χ0v) is 18.2. The van der Waals surface area contributed by atoms with Crippen LogP contribution in [0.3, 0.4) is 0 Å². The van der Waals surface area contributed by atoms with Crippen LogP contribution in [0.1, 0.15) is 39.3 Å². The molecule has 0 saturated carbocycles. The van der Waals surface area contributed by atoms with Crippen LogP contribution in [0.25, 0.3) is 21.5 Å². The maximum absolute atomic E-state index is 12.6. The van der Waals surface area contributed by atoms with Gasteiger partial charge >= 0.3 is 0 Å². The number of carbonyl (C=O) groups is 2. The van der Waals surface area contributed by atoms with Crippen LogP contribution in [0.4, 0.5) is 0 Å². The van der Waals surface area contributed by atoms with Crippen molar-refractivity contribution in [2.24, 2.45) is 0 Å². The highest BCUT2D eigenvalue weighted by Crippen LogP contribution is 2.35. The Hall–Kier alpha value is -3.45. The largest absolute Gasteiger partial charge is 0.493 e. The van der Waals surface area contributed by atoms with Gasteiger partial charge < -0.3 is 13.9 Å². The van der Waals surface area contributed by atoms with E-state index < -0.39 is 0 Å². The van der Waals surface area contributed by atoms with E-state index in [9.17, 15) is 9.59 Å². The zero-order valence-electron chi connectivity index (χ0n) is 17.4. The average molecular weight is 436 g/mol. The van der Waals surface area contributed by atoms with E-state index in [2.05, 4.69) is 18.0 Å². The minimum Gasteiger partial charge on any atom is -0.493 e. The Bertz CT molecular complexity index is 1270. The van der Waals surface area contributed by atoms with Crippen LogP contribution in [0, 0.1) is 6.92 Å². The second-order valence-electron chi connectivity index (χ2n) is 7.05. The van der Waals surface area contributed by atoms with E-state index in [1.807, 2.05) is 17.5 Å². The molecule has 4 aromatic rings. The first-order valence-electron chi connectivity index (χ1n) is 9.73. The van der Waals surface area contributed by atoms with Crippen LogP contribution in [-0.4, -0.2) is 30.8 Å². The number of ether oxygens (including phenoxy) is 2.